The van der Waals surface area contributed by atoms with E-state index in [4.69, 9.17) is 0 Å². The van der Waals surface area contributed by atoms with Gasteiger partial charge in [-0.2, -0.15) is 0 Å². The number of benzene rings is 1. The van der Waals surface area contributed by atoms with Crippen LogP contribution in [0.5, 0.6) is 0 Å². The van der Waals surface area contributed by atoms with Gasteiger partial charge in [0.15, 0.2) is 0 Å². The van der Waals surface area contributed by atoms with Crippen molar-refractivity contribution >= 4 is 11.7 Å². The van der Waals surface area contributed by atoms with Crippen LogP contribution in [0, 0.1) is 5.41 Å². The third-order valence-corrected chi connectivity index (χ3v) is 5.51. The van der Waals surface area contributed by atoms with Crippen LogP contribution in [0.3, 0.4) is 0 Å². The lowest BCUT2D eigenvalue weighted by atomic mass is 9.73. The molecule has 1 saturated carbocycles. The van der Waals surface area contributed by atoms with Crippen molar-refractivity contribution < 1.29 is 9.90 Å². The molecule has 5 heteroatoms. The second-order valence-corrected chi connectivity index (χ2v) is 7.49. The number of hydrogen-bond donors (Lipinski definition) is 3. The minimum atomic E-state index is -0.325. The smallest absolute Gasteiger partial charge is 0.315 e. The van der Waals surface area contributed by atoms with E-state index in [1.165, 1.54) is 5.69 Å². The topological polar surface area (TPSA) is 64.6 Å². The minimum absolute atomic E-state index is 0.174. The summed E-state index contributed by atoms with van der Waals surface area (Å²) in [6, 6.07) is 8.13. The monoisotopic (exact) mass is 343 g/mol. The zero-order valence-electron chi connectivity index (χ0n) is 15.0. The molecule has 3 N–H and O–H groups in total. The molecule has 0 aromatic heterocycles. The highest BCUT2D eigenvalue weighted by Crippen LogP contribution is 2.35. The Bertz CT molecular complexity index is 606. The van der Waals surface area contributed by atoms with Gasteiger partial charge >= 0.3 is 6.03 Å². The largest absolute Gasteiger partial charge is 0.392 e. The molecule has 5 nitrogen and oxygen atoms in total. The van der Waals surface area contributed by atoms with E-state index in [9.17, 15) is 9.90 Å². The first-order valence-corrected chi connectivity index (χ1v) is 9.25. The van der Waals surface area contributed by atoms with Crippen molar-refractivity contribution in [3.8, 4) is 0 Å². The Kier molecular flexibility index (Phi) is 5.63. The Morgan fingerprint density at radius 3 is 2.60 bits per heavy atom. The fourth-order valence-corrected chi connectivity index (χ4v) is 3.63. The van der Waals surface area contributed by atoms with Crippen molar-refractivity contribution in [2.75, 3.05) is 24.5 Å². The number of nitrogens with zero attached hydrogens (tertiary/aromatic N) is 1. The third kappa shape index (κ3) is 4.54. The van der Waals surface area contributed by atoms with Gasteiger partial charge in [0.25, 0.3) is 0 Å². The van der Waals surface area contributed by atoms with E-state index in [1.54, 1.807) is 0 Å². The van der Waals surface area contributed by atoms with Gasteiger partial charge in [0.2, 0.25) is 0 Å². The number of anilines is 1. The van der Waals surface area contributed by atoms with E-state index < -0.39 is 0 Å². The normalized spacial score (nSPS) is 25.8. The molecule has 1 heterocycles. The van der Waals surface area contributed by atoms with Crippen LogP contribution in [-0.2, 0) is 6.54 Å². The van der Waals surface area contributed by atoms with Crippen LogP contribution in [0.1, 0.15) is 38.2 Å². The standard InChI is InChI=1S/C20H29N3O2/c1-20(11-3-2-6-18(20)24)15-22-19(25)21-14-16-7-9-17(10-8-16)23-12-4-5-13-23/h4-5,7-10,18,24H,2-3,6,11-15H2,1H3,(H2,21,22,25). The highest BCUT2D eigenvalue weighted by Gasteiger charge is 2.35. The SMILES string of the molecule is CC1(CNC(=O)NCc2ccc(N3CC=CC3)cc2)CCCCC1O. The summed E-state index contributed by atoms with van der Waals surface area (Å²) in [6.07, 6.45) is 8.00. The number of amides is 2. The predicted molar refractivity (Wildman–Crippen MR) is 101 cm³/mol. The van der Waals surface area contributed by atoms with E-state index in [1.807, 2.05) is 0 Å². The molecule has 2 aliphatic rings. The van der Waals surface area contributed by atoms with Gasteiger partial charge in [-0.1, -0.05) is 44.1 Å². The van der Waals surface area contributed by atoms with Gasteiger partial charge in [-0.25, -0.2) is 4.79 Å². The number of nitrogens with one attached hydrogen (secondary N) is 2. The Balaban J connectivity index is 1.42. The summed E-state index contributed by atoms with van der Waals surface area (Å²) in [7, 11) is 0. The third-order valence-electron chi connectivity index (χ3n) is 5.51. The Morgan fingerprint density at radius 1 is 1.20 bits per heavy atom. The van der Waals surface area contributed by atoms with Crippen molar-refractivity contribution in [1.82, 2.24) is 10.6 Å². The molecule has 1 aliphatic heterocycles. The average Bonchev–Trinajstić information content (AvgIpc) is 3.16. The molecule has 0 saturated heterocycles. The van der Waals surface area contributed by atoms with Gasteiger partial charge in [-0.3, -0.25) is 0 Å². The summed E-state index contributed by atoms with van der Waals surface area (Å²) in [5.74, 6) is 0. The van der Waals surface area contributed by atoms with E-state index >= 15 is 0 Å². The van der Waals surface area contributed by atoms with Crippen LogP contribution >= 0.6 is 0 Å². The molecule has 25 heavy (non-hydrogen) atoms. The summed E-state index contributed by atoms with van der Waals surface area (Å²) in [5.41, 5.74) is 2.08. The zero-order valence-corrected chi connectivity index (χ0v) is 15.0. The molecule has 0 radical (unpaired) electrons. The molecule has 1 aliphatic carbocycles. The molecule has 3 rings (SSSR count). The summed E-state index contributed by atoms with van der Waals surface area (Å²) < 4.78 is 0. The van der Waals surface area contributed by atoms with Crippen LogP contribution in [-0.4, -0.2) is 36.9 Å². The Morgan fingerprint density at radius 2 is 1.92 bits per heavy atom. The van der Waals surface area contributed by atoms with Crippen molar-refractivity contribution in [2.45, 2.75) is 45.3 Å². The number of carbonyl (C=O) groups is 1. The van der Waals surface area contributed by atoms with Crippen molar-refractivity contribution in [3.63, 3.8) is 0 Å². The molecular formula is C20H29N3O2. The second kappa shape index (κ2) is 7.91. The summed E-state index contributed by atoms with van der Waals surface area (Å²) in [6.45, 7) is 5.00. The van der Waals surface area contributed by atoms with E-state index in [-0.39, 0.29) is 17.6 Å². The van der Waals surface area contributed by atoms with Crippen LogP contribution < -0.4 is 15.5 Å². The highest BCUT2D eigenvalue weighted by atomic mass is 16.3. The van der Waals surface area contributed by atoms with Gasteiger partial charge < -0.3 is 20.6 Å². The van der Waals surface area contributed by atoms with Crippen LogP contribution in [0.2, 0.25) is 0 Å². The van der Waals surface area contributed by atoms with Crippen LogP contribution in [0.15, 0.2) is 36.4 Å². The molecule has 1 fully saturated rings. The lowest BCUT2D eigenvalue weighted by Crippen LogP contribution is -2.47. The van der Waals surface area contributed by atoms with Gasteiger partial charge in [0.05, 0.1) is 6.10 Å². The molecular weight excluding hydrogens is 314 g/mol. The van der Waals surface area contributed by atoms with Crippen LogP contribution in [0.25, 0.3) is 0 Å². The summed E-state index contributed by atoms with van der Waals surface area (Å²) >= 11 is 0. The number of carbonyl (C=O) groups excluding carboxylic acids is 1. The molecule has 1 aromatic rings. The summed E-state index contributed by atoms with van der Waals surface area (Å²) in [5, 5.41) is 16.0. The highest BCUT2D eigenvalue weighted by molar-refractivity contribution is 5.73. The molecule has 136 valence electrons. The summed E-state index contributed by atoms with van der Waals surface area (Å²) in [4.78, 5) is 14.4. The number of aliphatic hydroxyl groups excluding tert-OH is 1. The van der Waals surface area contributed by atoms with Crippen LogP contribution in [0.4, 0.5) is 10.5 Å². The average molecular weight is 343 g/mol. The van der Waals surface area contributed by atoms with E-state index in [2.05, 4.69) is 58.9 Å². The maximum atomic E-state index is 12.1. The van der Waals surface area contributed by atoms with Gasteiger partial charge in [0, 0.05) is 37.3 Å². The Hall–Kier alpha value is -2.01. The quantitative estimate of drug-likeness (QED) is 0.720. The van der Waals surface area contributed by atoms with E-state index in [0.717, 1.165) is 44.3 Å². The fourth-order valence-electron chi connectivity index (χ4n) is 3.63. The predicted octanol–water partition coefficient (Wildman–Crippen LogP) is 2.80. The second-order valence-electron chi connectivity index (χ2n) is 7.49. The Labute approximate surface area is 150 Å². The maximum absolute atomic E-state index is 12.1. The fraction of sp³-hybridized carbons (Fsp3) is 0.550. The van der Waals surface area contributed by atoms with Gasteiger partial charge in [-0.05, 0) is 30.5 Å². The number of hydrogen-bond acceptors (Lipinski definition) is 3. The molecule has 2 amide bonds. The van der Waals surface area contributed by atoms with Crippen molar-refractivity contribution in [3.05, 3.63) is 42.0 Å². The first-order chi connectivity index (χ1) is 12.1. The number of rotatable bonds is 5. The first kappa shape index (κ1) is 17.8. The zero-order chi connectivity index (χ0) is 17.7. The first-order valence-electron chi connectivity index (χ1n) is 9.25. The number of aliphatic hydroxyl groups is 1. The van der Waals surface area contributed by atoms with Crippen molar-refractivity contribution in [1.29, 1.82) is 0 Å². The minimum Gasteiger partial charge on any atom is -0.392 e. The molecule has 2 atom stereocenters. The molecule has 0 spiro atoms. The van der Waals surface area contributed by atoms with Crippen molar-refractivity contribution in [2.24, 2.45) is 5.41 Å². The lowest BCUT2D eigenvalue weighted by Gasteiger charge is -2.38. The van der Waals surface area contributed by atoms with Gasteiger partial charge in [-0.15, -0.1) is 0 Å². The molecule has 0 bridgehead atoms. The van der Waals surface area contributed by atoms with E-state index in [0.29, 0.717) is 13.1 Å². The molecule has 1 aromatic carbocycles. The maximum Gasteiger partial charge on any atom is 0.315 e. The van der Waals surface area contributed by atoms with Gasteiger partial charge in [0.1, 0.15) is 0 Å². The molecule has 2 unspecified atom stereocenters. The number of urea groups is 1. The lowest BCUT2D eigenvalue weighted by molar-refractivity contribution is 0.00309.